The molecule has 0 bridgehead atoms. The second kappa shape index (κ2) is 6.38. The zero-order valence-electron chi connectivity index (χ0n) is 11.6. The summed E-state index contributed by atoms with van der Waals surface area (Å²) in [6, 6.07) is 0.302. The molecular formula is C13H20N4O2. The van der Waals surface area contributed by atoms with Crippen molar-refractivity contribution in [2.24, 2.45) is 0 Å². The minimum atomic E-state index is 0.247. The first-order chi connectivity index (χ1) is 9.19. The van der Waals surface area contributed by atoms with Gasteiger partial charge >= 0.3 is 6.08 Å². The molecule has 19 heavy (non-hydrogen) atoms. The van der Waals surface area contributed by atoms with Gasteiger partial charge in [0.05, 0.1) is 18.1 Å². The van der Waals surface area contributed by atoms with Crippen LogP contribution >= 0.6 is 0 Å². The topological polar surface area (TPSA) is 65.1 Å². The number of hydrogen-bond acceptors (Lipinski definition) is 5. The number of nitrogens with zero attached hydrogens (tertiary/aromatic N) is 3. The van der Waals surface area contributed by atoms with Crippen LogP contribution < -0.4 is 10.1 Å². The van der Waals surface area contributed by atoms with Crippen LogP contribution in [0.1, 0.15) is 38.9 Å². The fraction of sp³-hybridized carbons (Fsp3) is 0.538. The lowest BCUT2D eigenvalue weighted by Crippen LogP contribution is -2.13. The molecule has 0 saturated heterocycles. The fourth-order valence-corrected chi connectivity index (χ4v) is 1.57. The van der Waals surface area contributed by atoms with Gasteiger partial charge in [-0.05, 0) is 26.8 Å². The molecule has 6 heteroatoms. The number of nitrogens with one attached hydrogen (secondary N) is 1. The van der Waals surface area contributed by atoms with Crippen molar-refractivity contribution in [2.45, 2.75) is 39.8 Å². The van der Waals surface area contributed by atoms with Crippen LogP contribution in [-0.4, -0.2) is 21.3 Å². The van der Waals surface area contributed by atoms with Crippen molar-refractivity contribution in [3.8, 4) is 11.8 Å². The summed E-state index contributed by atoms with van der Waals surface area (Å²) in [4.78, 5) is 4.24. The minimum Gasteiger partial charge on any atom is -0.417 e. The van der Waals surface area contributed by atoms with E-state index in [0.717, 1.165) is 18.7 Å². The predicted molar refractivity (Wildman–Crippen MR) is 71.2 cm³/mol. The maximum Gasteiger partial charge on any atom is 0.399 e. The third kappa shape index (κ3) is 3.82. The van der Waals surface area contributed by atoms with Crippen LogP contribution in [0, 0.1) is 0 Å². The molecule has 0 radical (unpaired) electrons. The molecule has 104 valence electrons. The Balaban J connectivity index is 1.91. The van der Waals surface area contributed by atoms with E-state index in [-0.39, 0.29) is 6.08 Å². The Hall–Kier alpha value is -1.82. The SMILES string of the molecule is CCCNCc1coc(Oc2cnn(C(C)C)c2)n1. The van der Waals surface area contributed by atoms with Gasteiger partial charge in [-0.1, -0.05) is 6.92 Å². The minimum absolute atomic E-state index is 0.247. The van der Waals surface area contributed by atoms with Gasteiger partial charge in [-0.15, -0.1) is 0 Å². The van der Waals surface area contributed by atoms with Gasteiger partial charge in [0.2, 0.25) is 0 Å². The van der Waals surface area contributed by atoms with Gasteiger partial charge in [0.1, 0.15) is 6.26 Å². The van der Waals surface area contributed by atoms with Crippen LogP contribution in [0.2, 0.25) is 0 Å². The highest BCUT2D eigenvalue weighted by molar-refractivity contribution is 5.16. The quantitative estimate of drug-likeness (QED) is 0.779. The highest BCUT2D eigenvalue weighted by atomic mass is 16.6. The van der Waals surface area contributed by atoms with Gasteiger partial charge in [0.25, 0.3) is 0 Å². The summed E-state index contributed by atoms with van der Waals surface area (Å²) >= 11 is 0. The first-order valence-corrected chi connectivity index (χ1v) is 6.56. The first-order valence-electron chi connectivity index (χ1n) is 6.56. The van der Waals surface area contributed by atoms with Crippen LogP contribution in [0.25, 0.3) is 0 Å². The number of ether oxygens (including phenoxy) is 1. The summed E-state index contributed by atoms with van der Waals surface area (Å²) < 4.78 is 12.6. The maximum absolute atomic E-state index is 5.51. The average Bonchev–Trinajstić information content (AvgIpc) is 3.00. The Morgan fingerprint density at radius 3 is 3.00 bits per heavy atom. The van der Waals surface area contributed by atoms with E-state index in [1.165, 1.54) is 0 Å². The lowest BCUT2D eigenvalue weighted by Gasteiger charge is -2.02. The van der Waals surface area contributed by atoms with Gasteiger partial charge in [-0.2, -0.15) is 10.1 Å². The van der Waals surface area contributed by atoms with E-state index in [0.29, 0.717) is 18.3 Å². The summed E-state index contributed by atoms with van der Waals surface area (Å²) in [5, 5.41) is 7.44. The van der Waals surface area contributed by atoms with E-state index < -0.39 is 0 Å². The van der Waals surface area contributed by atoms with Crippen LogP contribution in [0.4, 0.5) is 0 Å². The molecule has 0 aliphatic carbocycles. The van der Waals surface area contributed by atoms with Crippen LogP contribution in [0.5, 0.6) is 11.8 Å². The highest BCUT2D eigenvalue weighted by Crippen LogP contribution is 2.20. The lowest BCUT2D eigenvalue weighted by atomic mass is 10.4. The number of rotatable bonds is 7. The molecule has 2 heterocycles. The van der Waals surface area contributed by atoms with Crippen molar-refractivity contribution >= 4 is 0 Å². The third-order valence-corrected chi connectivity index (χ3v) is 2.58. The zero-order valence-corrected chi connectivity index (χ0v) is 11.6. The summed E-state index contributed by atoms with van der Waals surface area (Å²) in [5.74, 6) is 0.628. The van der Waals surface area contributed by atoms with Crippen LogP contribution in [0.15, 0.2) is 23.1 Å². The van der Waals surface area contributed by atoms with E-state index in [4.69, 9.17) is 9.15 Å². The smallest absolute Gasteiger partial charge is 0.399 e. The Kier molecular flexibility index (Phi) is 4.57. The molecule has 1 N–H and O–H groups in total. The average molecular weight is 264 g/mol. The molecule has 2 aromatic rings. The molecule has 0 atom stereocenters. The van der Waals surface area contributed by atoms with E-state index in [1.807, 2.05) is 10.9 Å². The highest BCUT2D eigenvalue weighted by Gasteiger charge is 2.08. The van der Waals surface area contributed by atoms with Crippen LogP contribution in [-0.2, 0) is 6.54 Å². The Labute approximate surface area is 112 Å². The Morgan fingerprint density at radius 2 is 2.32 bits per heavy atom. The Bertz CT molecular complexity index is 504. The largest absolute Gasteiger partial charge is 0.417 e. The van der Waals surface area contributed by atoms with E-state index in [9.17, 15) is 0 Å². The fourth-order valence-electron chi connectivity index (χ4n) is 1.57. The number of oxazole rings is 1. The summed E-state index contributed by atoms with van der Waals surface area (Å²) in [6.07, 6.45) is 6.42. The van der Waals surface area contributed by atoms with Crippen molar-refractivity contribution in [3.63, 3.8) is 0 Å². The molecule has 2 aromatic heterocycles. The third-order valence-electron chi connectivity index (χ3n) is 2.58. The molecular weight excluding hydrogens is 244 g/mol. The molecule has 0 saturated carbocycles. The standard InChI is InChI=1S/C13H20N4O2/c1-4-5-14-6-11-9-18-13(16-11)19-12-7-15-17(8-12)10(2)3/h7-10,14H,4-6H2,1-3H3. The summed E-state index contributed by atoms with van der Waals surface area (Å²) in [5.41, 5.74) is 0.833. The lowest BCUT2D eigenvalue weighted by molar-refractivity contribution is 0.330. The van der Waals surface area contributed by atoms with Gasteiger partial charge in [0.15, 0.2) is 5.75 Å². The molecule has 0 fully saturated rings. The number of aromatic nitrogens is 3. The van der Waals surface area contributed by atoms with Gasteiger partial charge < -0.3 is 14.5 Å². The van der Waals surface area contributed by atoms with Crippen LogP contribution in [0.3, 0.4) is 0 Å². The molecule has 0 aromatic carbocycles. The first kappa shape index (κ1) is 13.6. The van der Waals surface area contributed by atoms with E-state index in [1.54, 1.807) is 12.5 Å². The number of hydrogen-bond donors (Lipinski definition) is 1. The molecule has 0 aliphatic heterocycles. The van der Waals surface area contributed by atoms with Gasteiger partial charge in [-0.25, -0.2) is 0 Å². The zero-order chi connectivity index (χ0) is 13.7. The van der Waals surface area contributed by atoms with Gasteiger partial charge in [-0.3, -0.25) is 4.68 Å². The molecule has 0 spiro atoms. The Morgan fingerprint density at radius 1 is 1.47 bits per heavy atom. The monoisotopic (exact) mass is 264 g/mol. The maximum atomic E-state index is 5.51. The van der Waals surface area contributed by atoms with Crippen molar-refractivity contribution in [1.82, 2.24) is 20.1 Å². The van der Waals surface area contributed by atoms with Crippen molar-refractivity contribution in [1.29, 1.82) is 0 Å². The molecule has 2 rings (SSSR count). The molecule has 0 unspecified atom stereocenters. The van der Waals surface area contributed by atoms with Crippen molar-refractivity contribution in [2.75, 3.05) is 6.54 Å². The predicted octanol–water partition coefficient (Wildman–Crippen LogP) is 2.74. The molecule has 0 amide bonds. The van der Waals surface area contributed by atoms with Crippen molar-refractivity contribution < 1.29 is 9.15 Å². The normalized spacial score (nSPS) is 11.2. The second-order valence-corrected chi connectivity index (χ2v) is 4.63. The van der Waals surface area contributed by atoms with E-state index in [2.05, 4.69) is 36.2 Å². The van der Waals surface area contributed by atoms with Crippen molar-refractivity contribution in [3.05, 3.63) is 24.4 Å². The molecule has 6 nitrogen and oxygen atoms in total. The second-order valence-electron chi connectivity index (χ2n) is 4.63. The van der Waals surface area contributed by atoms with E-state index >= 15 is 0 Å². The summed E-state index contributed by atoms with van der Waals surface area (Å²) in [7, 11) is 0. The summed E-state index contributed by atoms with van der Waals surface area (Å²) in [6.45, 7) is 7.88. The molecule has 0 aliphatic rings. The van der Waals surface area contributed by atoms with Gasteiger partial charge in [0, 0.05) is 12.6 Å².